The molecule has 0 aliphatic carbocycles. The average Bonchev–Trinajstić information content (AvgIpc) is 2.70. The standard InChI is InChI=1S/C25H22ClNO3/c1-17(28)29-24-13-12-20(26)14-21(24)25(2,3)15-18-8-4-6-10-22(18)30-23-11-7-5-9-19(23)16-27/h4-14H,15H2,1-3H3. The summed E-state index contributed by atoms with van der Waals surface area (Å²) in [4.78, 5) is 11.6. The van der Waals surface area contributed by atoms with Gasteiger partial charge in [-0.05, 0) is 53.8 Å². The topological polar surface area (TPSA) is 59.3 Å². The lowest BCUT2D eigenvalue weighted by Crippen LogP contribution is -2.22. The Bertz CT molecular complexity index is 1120. The molecule has 0 amide bonds. The number of hydrogen-bond acceptors (Lipinski definition) is 4. The van der Waals surface area contributed by atoms with E-state index in [9.17, 15) is 10.1 Å². The minimum atomic E-state index is -0.413. The lowest BCUT2D eigenvalue weighted by atomic mass is 9.78. The Morgan fingerprint density at radius 3 is 2.37 bits per heavy atom. The Labute approximate surface area is 181 Å². The van der Waals surface area contributed by atoms with Crippen molar-refractivity contribution in [3.8, 4) is 23.3 Å². The SMILES string of the molecule is CC(=O)Oc1ccc(Cl)cc1C(C)(C)Cc1ccccc1Oc1ccccc1C#N. The van der Waals surface area contributed by atoms with Crippen LogP contribution in [-0.2, 0) is 16.6 Å². The molecule has 5 heteroatoms. The molecule has 0 fully saturated rings. The van der Waals surface area contributed by atoms with E-state index >= 15 is 0 Å². The molecule has 0 radical (unpaired) electrons. The molecule has 4 nitrogen and oxygen atoms in total. The molecule has 0 heterocycles. The normalized spacial score (nSPS) is 10.9. The summed E-state index contributed by atoms with van der Waals surface area (Å²) in [6.07, 6.45) is 0.604. The second kappa shape index (κ2) is 9.02. The number of carbonyl (C=O) groups is 1. The van der Waals surface area contributed by atoms with Gasteiger partial charge in [0, 0.05) is 17.5 Å². The second-order valence-electron chi connectivity index (χ2n) is 7.61. The van der Waals surface area contributed by atoms with Crippen LogP contribution in [0.15, 0.2) is 66.7 Å². The molecular formula is C25H22ClNO3. The minimum Gasteiger partial charge on any atom is -0.456 e. The van der Waals surface area contributed by atoms with Crippen molar-refractivity contribution in [3.63, 3.8) is 0 Å². The summed E-state index contributed by atoms with van der Waals surface area (Å²) in [5.74, 6) is 1.29. The zero-order valence-corrected chi connectivity index (χ0v) is 17.9. The number of halogens is 1. The van der Waals surface area contributed by atoms with Crippen LogP contribution in [0.5, 0.6) is 17.2 Å². The van der Waals surface area contributed by atoms with Gasteiger partial charge in [0.05, 0.1) is 5.56 Å². The van der Waals surface area contributed by atoms with Crippen LogP contribution < -0.4 is 9.47 Å². The summed E-state index contributed by atoms with van der Waals surface area (Å²) in [5, 5.41) is 9.92. The average molecular weight is 420 g/mol. The van der Waals surface area contributed by atoms with Gasteiger partial charge >= 0.3 is 5.97 Å². The van der Waals surface area contributed by atoms with Gasteiger partial charge in [-0.1, -0.05) is 55.8 Å². The van der Waals surface area contributed by atoms with Crippen molar-refractivity contribution in [2.24, 2.45) is 0 Å². The third kappa shape index (κ3) is 5.00. The molecule has 3 rings (SSSR count). The van der Waals surface area contributed by atoms with E-state index < -0.39 is 5.41 Å². The number of ether oxygens (including phenoxy) is 2. The fourth-order valence-corrected chi connectivity index (χ4v) is 3.53. The highest BCUT2D eigenvalue weighted by molar-refractivity contribution is 6.30. The van der Waals surface area contributed by atoms with Gasteiger partial charge in [-0.25, -0.2) is 0 Å². The third-order valence-corrected chi connectivity index (χ3v) is 4.99. The van der Waals surface area contributed by atoms with E-state index in [4.69, 9.17) is 21.1 Å². The van der Waals surface area contributed by atoms with E-state index in [-0.39, 0.29) is 5.97 Å². The highest BCUT2D eigenvalue weighted by Gasteiger charge is 2.27. The minimum absolute atomic E-state index is 0.383. The fourth-order valence-electron chi connectivity index (χ4n) is 3.36. The Morgan fingerprint density at radius 1 is 1.00 bits per heavy atom. The maximum atomic E-state index is 11.6. The predicted molar refractivity (Wildman–Crippen MR) is 117 cm³/mol. The number of benzene rings is 3. The Hall–Kier alpha value is -3.29. The zero-order chi connectivity index (χ0) is 21.7. The molecule has 0 spiro atoms. The summed E-state index contributed by atoms with van der Waals surface area (Å²) < 4.78 is 11.5. The van der Waals surface area contributed by atoms with E-state index in [0.29, 0.717) is 34.3 Å². The van der Waals surface area contributed by atoms with Crippen LogP contribution in [0.3, 0.4) is 0 Å². The molecule has 0 saturated carbocycles. The van der Waals surface area contributed by atoms with Crippen LogP contribution in [0.2, 0.25) is 5.02 Å². The monoisotopic (exact) mass is 419 g/mol. The molecular weight excluding hydrogens is 398 g/mol. The molecule has 0 aromatic heterocycles. The van der Waals surface area contributed by atoms with Crippen molar-refractivity contribution in [2.75, 3.05) is 0 Å². The zero-order valence-electron chi connectivity index (χ0n) is 17.1. The fraction of sp³-hybridized carbons (Fsp3) is 0.200. The van der Waals surface area contributed by atoms with Crippen molar-refractivity contribution in [1.29, 1.82) is 5.26 Å². The number of hydrogen-bond donors (Lipinski definition) is 0. The molecule has 0 bridgehead atoms. The van der Waals surface area contributed by atoms with E-state index in [1.165, 1.54) is 6.92 Å². The Kier molecular flexibility index (Phi) is 6.44. The van der Waals surface area contributed by atoms with Crippen LogP contribution in [0.25, 0.3) is 0 Å². The number of nitrogens with zero attached hydrogens (tertiary/aromatic N) is 1. The number of para-hydroxylation sites is 2. The van der Waals surface area contributed by atoms with Gasteiger partial charge in [-0.2, -0.15) is 5.26 Å². The van der Waals surface area contributed by atoms with Crippen molar-refractivity contribution in [1.82, 2.24) is 0 Å². The molecule has 30 heavy (non-hydrogen) atoms. The smallest absolute Gasteiger partial charge is 0.308 e. The van der Waals surface area contributed by atoms with Gasteiger partial charge in [0.15, 0.2) is 0 Å². The molecule has 0 aliphatic rings. The van der Waals surface area contributed by atoms with Crippen LogP contribution >= 0.6 is 11.6 Å². The summed E-state index contributed by atoms with van der Waals surface area (Å²) in [7, 11) is 0. The lowest BCUT2D eigenvalue weighted by Gasteiger charge is -2.28. The van der Waals surface area contributed by atoms with Crippen molar-refractivity contribution < 1.29 is 14.3 Å². The second-order valence-corrected chi connectivity index (χ2v) is 8.05. The highest BCUT2D eigenvalue weighted by Crippen LogP contribution is 2.39. The first kappa shape index (κ1) is 21.4. The van der Waals surface area contributed by atoms with Gasteiger partial charge in [-0.15, -0.1) is 0 Å². The van der Waals surface area contributed by atoms with Gasteiger partial charge < -0.3 is 9.47 Å². The van der Waals surface area contributed by atoms with E-state index in [1.807, 2.05) is 36.4 Å². The first-order chi connectivity index (χ1) is 14.3. The molecule has 0 unspecified atom stereocenters. The van der Waals surface area contributed by atoms with Crippen LogP contribution in [0, 0.1) is 11.3 Å². The van der Waals surface area contributed by atoms with Crippen LogP contribution in [0.4, 0.5) is 0 Å². The van der Waals surface area contributed by atoms with Gasteiger partial charge in [0.25, 0.3) is 0 Å². The van der Waals surface area contributed by atoms with Crippen molar-refractivity contribution in [3.05, 3.63) is 88.4 Å². The maximum absolute atomic E-state index is 11.6. The first-order valence-corrected chi connectivity index (χ1v) is 9.91. The van der Waals surface area contributed by atoms with Crippen LogP contribution in [-0.4, -0.2) is 5.97 Å². The molecule has 0 atom stereocenters. The summed E-state index contributed by atoms with van der Waals surface area (Å²) in [5.41, 5.74) is 1.85. The number of esters is 1. The summed E-state index contributed by atoms with van der Waals surface area (Å²) in [6, 6.07) is 22.2. The molecule has 0 N–H and O–H groups in total. The maximum Gasteiger partial charge on any atom is 0.308 e. The van der Waals surface area contributed by atoms with Crippen LogP contribution in [0.1, 0.15) is 37.5 Å². The van der Waals surface area contributed by atoms with E-state index in [2.05, 4.69) is 19.9 Å². The van der Waals surface area contributed by atoms with E-state index in [0.717, 1.165) is 11.1 Å². The Morgan fingerprint density at radius 2 is 1.67 bits per heavy atom. The molecule has 0 saturated heterocycles. The third-order valence-electron chi connectivity index (χ3n) is 4.76. The first-order valence-electron chi connectivity index (χ1n) is 9.53. The number of nitriles is 1. The highest BCUT2D eigenvalue weighted by atomic mass is 35.5. The lowest BCUT2D eigenvalue weighted by molar-refractivity contribution is -0.131. The van der Waals surface area contributed by atoms with E-state index in [1.54, 1.807) is 30.3 Å². The summed E-state index contributed by atoms with van der Waals surface area (Å²) in [6.45, 7) is 5.50. The number of carbonyl (C=O) groups excluding carboxylic acids is 1. The quantitative estimate of drug-likeness (QED) is 0.340. The van der Waals surface area contributed by atoms with Crippen molar-refractivity contribution in [2.45, 2.75) is 32.6 Å². The molecule has 3 aromatic rings. The Balaban J connectivity index is 1.96. The van der Waals surface area contributed by atoms with Gasteiger partial charge in [0.1, 0.15) is 23.3 Å². The molecule has 152 valence electrons. The predicted octanol–water partition coefficient (Wildman–Crippen LogP) is 6.45. The van der Waals surface area contributed by atoms with Crippen molar-refractivity contribution >= 4 is 17.6 Å². The van der Waals surface area contributed by atoms with Gasteiger partial charge in [0.2, 0.25) is 0 Å². The molecule has 0 aliphatic heterocycles. The number of rotatable bonds is 6. The largest absolute Gasteiger partial charge is 0.456 e. The van der Waals surface area contributed by atoms with Gasteiger partial charge in [-0.3, -0.25) is 4.79 Å². The molecule has 3 aromatic carbocycles. The summed E-state index contributed by atoms with van der Waals surface area (Å²) >= 11 is 6.24.